The highest BCUT2D eigenvalue weighted by Gasteiger charge is 2.08. The number of nitrogens with zero attached hydrogens (tertiary/aromatic N) is 4. The van der Waals surface area contributed by atoms with Crippen molar-refractivity contribution in [3.05, 3.63) is 21.9 Å². The highest BCUT2D eigenvalue weighted by Crippen LogP contribution is 2.17. The Hall–Kier alpha value is -1.89. The largest absolute Gasteiger partial charge is 0.354 e. The molecule has 20 heavy (non-hydrogen) atoms. The number of hydrogen-bond acceptors (Lipinski definition) is 7. The molecule has 108 valence electrons. The first-order valence-corrected chi connectivity index (χ1v) is 7.42. The van der Waals surface area contributed by atoms with Gasteiger partial charge in [-0.15, -0.1) is 11.3 Å². The fraction of sp³-hybridized carbons (Fsp3) is 0.462. The average Bonchev–Trinajstić information content (AvgIpc) is 2.82. The van der Waals surface area contributed by atoms with Crippen molar-refractivity contribution in [3.8, 4) is 0 Å². The van der Waals surface area contributed by atoms with Gasteiger partial charge in [-0.3, -0.25) is 0 Å². The number of anilines is 3. The molecule has 0 bridgehead atoms. The Morgan fingerprint density at radius 2 is 1.85 bits per heavy atom. The molecule has 0 aromatic carbocycles. The van der Waals surface area contributed by atoms with Gasteiger partial charge in [0.05, 0.1) is 6.54 Å². The van der Waals surface area contributed by atoms with Crippen molar-refractivity contribution in [3.63, 3.8) is 0 Å². The molecule has 0 unspecified atom stereocenters. The second-order valence-electron chi connectivity index (χ2n) is 4.59. The molecule has 0 saturated heterocycles. The Kier molecular flexibility index (Phi) is 4.73. The second kappa shape index (κ2) is 6.51. The Morgan fingerprint density at radius 3 is 2.40 bits per heavy atom. The minimum absolute atomic E-state index is 0.590. The summed E-state index contributed by atoms with van der Waals surface area (Å²) in [4.78, 5) is 16.3. The van der Waals surface area contributed by atoms with E-state index in [4.69, 9.17) is 0 Å². The fourth-order valence-corrected chi connectivity index (χ4v) is 2.47. The molecular formula is C13H20N6S. The number of rotatable bonds is 6. The van der Waals surface area contributed by atoms with E-state index >= 15 is 0 Å². The lowest BCUT2D eigenvalue weighted by Gasteiger charge is -2.13. The van der Waals surface area contributed by atoms with Crippen LogP contribution in [0.25, 0.3) is 0 Å². The third-order valence-corrected chi connectivity index (χ3v) is 3.76. The summed E-state index contributed by atoms with van der Waals surface area (Å²) >= 11 is 1.73. The van der Waals surface area contributed by atoms with Crippen LogP contribution in [0.15, 0.2) is 11.4 Å². The zero-order valence-electron chi connectivity index (χ0n) is 12.3. The summed E-state index contributed by atoms with van der Waals surface area (Å²) in [5, 5.41) is 8.48. The van der Waals surface area contributed by atoms with E-state index in [1.165, 1.54) is 10.4 Å². The normalized spacial score (nSPS) is 10.4. The van der Waals surface area contributed by atoms with E-state index in [0.717, 1.165) is 13.1 Å². The van der Waals surface area contributed by atoms with Gasteiger partial charge in [0.1, 0.15) is 0 Å². The molecule has 0 radical (unpaired) electrons. The van der Waals surface area contributed by atoms with Gasteiger partial charge < -0.3 is 15.5 Å². The van der Waals surface area contributed by atoms with Gasteiger partial charge in [0.25, 0.3) is 0 Å². The highest BCUT2D eigenvalue weighted by atomic mass is 32.1. The number of nitrogens with one attached hydrogen (secondary N) is 2. The molecule has 0 aliphatic carbocycles. The van der Waals surface area contributed by atoms with E-state index in [2.05, 4.69) is 44.0 Å². The molecule has 0 aliphatic heterocycles. The van der Waals surface area contributed by atoms with Crippen LogP contribution in [0.4, 0.5) is 17.8 Å². The first-order chi connectivity index (χ1) is 9.60. The Morgan fingerprint density at radius 1 is 1.15 bits per heavy atom. The van der Waals surface area contributed by atoms with E-state index in [0.29, 0.717) is 17.8 Å². The zero-order chi connectivity index (χ0) is 14.5. The summed E-state index contributed by atoms with van der Waals surface area (Å²) in [5.41, 5.74) is 1.29. The lowest BCUT2D eigenvalue weighted by Crippen LogP contribution is -2.17. The standard InChI is InChI=1S/C13H20N6S/c1-5-14-11-16-12(18-13(17-11)19(3)4)15-8-10-9(2)6-7-20-10/h6-7H,5,8H2,1-4H3,(H2,14,15,16,17,18). The molecule has 2 N–H and O–H groups in total. The van der Waals surface area contributed by atoms with E-state index in [-0.39, 0.29) is 0 Å². The van der Waals surface area contributed by atoms with Crippen molar-refractivity contribution in [1.29, 1.82) is 0 Å². The first-order valence-electron chi connectivity index (χ1n) is 6.54. The van der Waals surface area contributed by atoms with Crippen LogP contribution < -0.4 is 15.5 Å². The lowest BCUT2D eigenvalue weighted by molar-refractivity contribution is 0.937. The number of thiophene rings is 1. The Balaban J connectivity index is 2.15. The molecule has 0 fully saturated rings. The fourth-order valence-electron chi connectivity index (χ4n) is 1.63. The zero-order valence-corrected chi connectivity index (χ0v) is 13.1. The van der Waals surface area contributed by atoms with Crippen LogP contribution in [0.5, 0.6) is 0 Å². The molecule has 6 nitrogen and oxygen atoms in total. The maximum Gasteiger partial charge on any atom is 0.231 e. The van der Waals surface area contributed by atoms with Crippen LogP contribution >= 0.6 is 11.3 Å². The maximum absolute atomic E-state index is 4.40. The van der Waals surface area contributed by atoms with Crippen LogP contribution in [0, 0.1) is 6.92 Å². The van der Waals surface area contributed by atoms with Gasteiger partial charge in [-0.05, 0) is 30.9 Å². The van der Waals surface area contributed by atoms with E-state index in [9.17, 15) is 0 Å². The Labute approximate surface area is 123 Å². The summed E-state index contributed by atoms with van der Waals surface area (Å²) in [6.07, 6.45) is 0. The summed E-state index contributed by atoms with van der Waals surface area (Å²) in [6.45, 7) is 5.63. The SMILES string of the molecule is CCNc1nc(NCc2sccc2C)nc(N(C)C)n1. The minimum Gasteiger partial charge on any atom is -0.354 e. The molecule has 0 atom stereocenters. The van der Waals surface area contributed by atoms with Gasteiger partial charge in [0.15, 0.2) is 0 Å². The predicted octanol–water partition coefficient (Wildman–Crippen LogP) is 2.35. The van der Waals surface area contributed by atoms with Crippen LogP contribution in [0.2, 0.25) is 0 Å². The van der Waals surface area contributed by atoms with Crippen molar-refractivity contribution in [1.82, 2.24) is 15.0 Å². The third kappa shape index (κ3) is 3.57. The second-order valence-corrected chi connectivity index (χ2v) is 5.59. The summed E-state index contributed by atoms with van der Waals surface area (Å²) in [5.74, 6) is 1.82. The molecule has 0 aliphatic rings. The van der Waals surface area contributed by atoms with Gasteiger partial charge in [-0.1, -0.05) is 0 Å². The summed E-state index contributed by atoms with van der Waals surface area (Å²) in [7, 11) is 3.83. The van der Waals surface area contributed by atoms with Gasteiger partial charge in [-0.25, -0.2) is 0 Å². The van der Waals surface area contributed by atoms with Gasteiger partial charge in [0, 0.05) is 25.5 Å². The summed E-state index contributed by atoms with van der Waals surface area (Å²) in [6, 6.07) is 2.12. The van der Waals surface area contributed by atoms with E-state index in [1.807, 2.05) is 25.9 Å². The van der Waals surface area contributed by atoms with Crippen molar-refractivity contribution in [2.75, 3.05) is 36.2 Å². The lowest BCUT2D eigenvalue weighted by atomic mass is 10.3. The van der Waals surface area contributed by atoms with Crippen LogP contribution in [0.3, 0.4) is 0 Å². The molecule has 2 aromatic heterocycles. The highest BCUT2D eigenvalue weighted by molar-refractivity contribution is 7.10. The van der Waals surface area contributed by atoms with E-state index < -0.39 is 0 Å². The van der Waals surface area contributed by atoms with Gasteiger partial charge in [0.2, 0.25) is 17.8 Å². The van der Waals surface area contributed by atoms with Crippen molar-refractivity contribution in [2.24, 2.45) is 0 Å². The quantitative estimate of drug-likeness (QED) is 0.852. The van der Waals surface area contributed by atoms with Gasteiger partial charge in [-0.2, -0.15) is 15.0 Å². The topological polar surface area (TPSA) is 66.0 Å². The maximum atomic E-state index is 4.40. The predicted molar refractivity (Wildman–Crippen MR) is 84.7 cm³/mol. The Bertz CT molecular complexity index is 566. The number of aromatic nitrogens is 3. The van der Waals surface area contributed by atoms with Gasteiger partial charge >= 0.3 is 0 Å². The molecule has 0 amide bonds. The molecule has 2 heterocycles. The molecule has 7 heteroatoms. The van der Waals surface area contributed by atoms with Crippen molar-refractivity contribution < 1.29 is 0 Å². The van der Waals surface area contributed by atoms with Crippen LogP contribution in [-0.2, 0) is 6.54 Å². The smallest absolute Gasteiger partial charge is 0.231 e. The van der Waals surface area contributed by atoms with Crippen molar-refractivity contribution in [2.45, 2.75) is 20.4 Å². The molecule has 2 aromatic rings. The number of hydrogen-bond donors (Lipinski definition) is 2. The van der Waals surface area contributed by atoms with E-state index in [1.54, 1.807) is 11.3 Å². The minimum atomic E-state index is 0.590. The van der Waals surface area contributed by atoms with Crippen LogP contribution in [-0.4, -0.2) is 35.6 Å². The third-order valence-electron chi connectivity index (χ3n) is 2.73. The monoisotopic (exact) mass is 292 g/mol. The molecule has 2 rings (SSSR count). The number of aryl methyl sites for hydroxylation is 1. The molecule has 0 saturated carbocycles. The van der Waals surface area contributed by atoms with Crippen molar-refractivity contribution >= 4 is 29.2 Å². The molecular weight excluding hydrogens is 272 g/mol. The summed E-state index contributed by atoms with van der Waals surface area (Å²) < 4.78 is 0. The molecule has 0 spiro atoms. The average molecular weight is 292 g/mol. The van der Waals surface area contributed by atoms with Crippen LogP contribution in [0.1, 0.15) is 17.4 Å². The first kappa shape index (κ1) is 14.5.